The Morgan fingerprint density at radius 1 is 0.727 bits per heavy atom. The van der Waals surface area contributed by atoms with Crippen molar-refractivity contribution in [2.24, 2.45) is 0 Å². The van der Waals surface area contributed by atoms with Crippen LogP contribution in [0.3, 0.4) is 0 Å². The number of aryl methyl sites for hydroxylation is 2. The van der Waals surface area contributed by atoms with Gasteiger partial charge in [0.1, 0.15) is 0 Å². The topological polar surface area (TPSA) is 25.8 Å². The average molecular weight is 284 g/mol. The molecule has 106 valence electrons. The van der Waals surface area contributed by atoms with Gasteiger partial charge in [-0.3, -0.25) is 9.97 Å². The van der Waals surface area contributed by atoms with E-state index in [-0.39, 0.29) is 0 Å². The summed E-state index contributed by atoms with van der Waals surface area (Å²) in [6.45, 7) is 4.20. The Kier molecular flexibility index (Phi) is 2.90. The lowest BCUT2D eigenvalue weighted by Crippen LogP contribution is -1.89. The maximum atomic E-state index is 4.61. The molecule has 0 aliphatic heterocycles. The Labute approximate surface area is 129 Å². The molecular formula is C20H16N2. The summed E-state index contributed by atoms with van der Waals surface area (Å²) in [5.74, 6) is 0. The van der Waals surface area contributed by atoms with Crippen LogP contribution in [0.5, 0.6) is 0 Å². The lowest BCUT2D eigenvalue weighted by Gasteiger charge is -2.07. The zero-order valence-corrected chi connectivity index (χ0v) is 12.7. The largest absolute Gasteiger partial charge is 0.256 e. The Morgan fingerprint density at radius 3 is 2.45 bits per heavy atom. The van der Waals surface area contributed by atoms with E-state index in [0.717, 1.165) is 16.8 Å². The summed E-state index contributed by atoms with van der Waals surface area (Å²) in [5, 5.41) is 3.60. The van der Waals surface area contributed by atoms with Crippen LogP contribution in [0, 0.1) is 13.8 Å². The summed E-state index contributed by atoms with van der Waals surface area (Å²) in [5.41, 5.74) is 5.60. The lowest BCUT2D eigenvalue weighted by atomic mass is 10.0. The van der Waals surface area contributed by atoms with E-state index in [1.807, 2.05) is 18.5 Å². The van der Waals surface area contributed by atoms with Gasteiger partial charge in [-0.1, -0.05) is 36.4 Å². The van der Waals surface area contributed by atoms with Crippen molar-refractivity contribution in [1.82, 2.24) is 9.97 Å². The molecule has 0 fully saturated rings. The van der Waals surface area contributed by atoms with E-state index in [9.17, 15) is 0 Å². The van der Waals surface area contributed by atoms with Crippen molar-refractivity contribution in [3.05, 3.63) is 72.1 Å². The molecule has 0 saturated heterocycles. The van der Waals surface area contributed by atoms with Crippen LogP contribution in [0.4, 0.5) is 0 Å². The lowest BCUT2D eigenvalue weighted by molar-refractivity contribution is 1.22. The van der Waals surface area contributed by atoms with Gasteiger partial charge in [0.15, 0.2) is 0 Å². The molecule has 22 heavy (non-hydrogen) atoms. The fourth-order valence-corrected chi connectivity index (χ4v) is 2.80. The molecule has 4 rings (SSSR count). The van der Waals surface area contributed by atoms with E-state index in [0.29, 0.717) is 0 Å². The molecule has 0 aliphatic rings. The van der Waals surface area contributed by atoms with E-state index in [1.54, 1.807) is 0 Å². The Bertz CT molecular complexity index is 1000. The number of pyridine rings is 2. The first kappa shape index (κ1) is 13.0. The van der Waals surface area contributed by atoms with Gasteiger partial charge in [0.05, 0.1) is 11.2 Å². The summed E-state index contributed by atoms with van der Waals surface area (Å²) in [7, 11) is 0. The van der Waals surface area contributed by atoms with Gasteiger partial charge in [-0.2, -0.15) is 0 Å². The molecule has 0 unspecified atom stereocenters. The van der Waals surface area contributed by atoms with Crippen LogP contribution in [0.2, 0.25) is 0 Å². The smallest absolute Gasteiger partial charge is 0.0715 e. The number of rotatable bonds is 1. The zero-order valence-electron chi connectivity index (χ0n) is 12.7. The van der Waals surface area contributed by atoms with Crippen LogP contribution in [0.15, 0.2) is 60.9 Å². The minimum atomic E-state index is 1.000. The van der Waals surface area contributed by atoms with Crippen LogP contribution >= 0.6 is 0 Å². The third-order valence-electron chi connectivity index (χ3n) is 4.26. The Balaban J connectivity index is 1.94. The molecule has 2 heterocycles. The van der Waals surface area contributed by atoms with Crippen molar-refractivity contribution in [3.8, 4) is 11.3 Å². The molecule has 2 aromatic carbocycles. The van der Waals surface area contributed by atoms with Crippen molar-refractivity contribution in [1.29, 1.82) is 0 Å². The number of benzene rings is 2. The average Bonchev–Trinajstić information content (AvgIpc) is 2.56. The summed E-state index contributed by atoms with van der Waals surface area (Å²) in [6.07, 6.45) is 3.87. The quantitative estimate of drug-likeness (QED) is 0.456. The SMILES string of the molecule is Cc1cnc(-c2ccc3c(c2)ncc2ccccc23)cc1C. The molecule has 0 bridgehead atoms. The highest BCUT2D eigenvalue weighted by Crippen LogP contribution is 2.27. The zero-order chi connectivity index (χ0) is 15.1. The summed E-state index contributed by atoms with van der Waals surface area (Å²) in [6, 6.07) is 16.9. The minimum Gasteiger partial charge on any atom is -0.256 e. The van der Waals surface area contributed by atoms with E-state index >= 15 is 0 Å². The molecule has 2 aromatic heterocycles. The van der Waals surface area contributed by atoms with Crippen LogP contribution < -0.4 is 0 Å². The molecule has 0 amide bonds. The van der Waals surface area contributed by atoms with Crippen LogP contribution in [-0.4, -0.2) is 9.97 Å². The first-order chi connectivity index (χ1) is 10.7. The fourth-order valence-electron chi connectivity index (χ4n) is 2.80. The molecular weight excluding hydrogens is 268 g/mol. The van der Waals surface area contributed by atoms with Gasteiger partial charge < -0.3 is 0 Å². The maximum Gasteiger partial charge on any atom is 0.0715 e. The number of hydrogen-bond donors (Lipinski definition) is 0. The van der Waals surface area contributed by atoms with Gasteiger partial charge in [0.2, 0.25) is 0 Å². The van der Waals surface area contributed by atoms with Crippen molar-refractivity contribution in [2.75, 3.05) is 0 Å². The van der Waals surface area contributed by atoms with Crippen LogP contribution in [0.1, 0.15) is 11.1 Å². The number of nitrogens with zero attached hydrogens (tertiary/aromatic N) is 2. The second-order valence-electron chi connectivity index (χ2n) is 5.73. The van der Waals surface area contributed by atoms with Crippen LogP contribution in [-0.2, 0) is 0 Å². The molecule has 2 nitrogen and oxygen atoms in total. The molecule has 4 aromatic rings. The monoisotopic (exact) mass is 284 g/mol. The van der Waals surface area contributed by atoms with Gasteiger partial charge in [0.25, 0.3) is 0 Å². The maximum absolute atomic E-state index is 4.61. The second kappa shape index (κ2) is 4.92. The molecule has 0 aliphatic carbocycles. The second-order valence-corrected chi connectivity index (χ2v) is 5.73. The molecule has 0 spiro atoms. The van der Waals surface area contributed by atoms with E-state index in [2.05, 4.69) is 66.3 Å². The van der Waals surface area contributed by atoms with Crippen molar-refractivity contribution >= 4 is 21.7 Å². The van der Waals surface area contributed by atoms with Crippen molar-refractivity contribution < 1.29 is 0 Å². The fraction of sp³-hybridized carbons (Fsp3) is 0.100. The summed E-state index contributed by atoms with van der Waals surface area (Å²) >= 11 is 0. The summed E-state index contributed by atoms with van der Waals surface area (Å²) in [4.78, 5) is 9.16. The van der Waals surface area contributed by atoms with Crippen LogP contribution in [0.25, 0.3) is 32.9 Å². The highest BCUT2D eigenvalue weighted by atomic mass is 14.7. The first-order valence-electron chi connectivity index (χ1n) is 7.43. The minimum absolute atomic E-state index is 1.000. The highest BCUT2D eigenvalue weighted by molar-refractivity contribution is 6.06. The molecule has 0 N–H and O–H groups in total. The molecule has 2 heteroatoms. The standard InChI is InChI=1S/C20H16N2/c1-13-9-19(21-11-14(13)2)15-7-8-18-17-6-4-3-5-16(17)12-22-20(18)10-15/h3-12H,1-2H3. The molecule has 0 saturated carbocycles. The van der Waals surface area contributed by atoms with Gasteiger partial charge in [-0.15, -0.1) is 0 Å². The predicted octanol–water partition coefficient (Wildman–Crippen LogP) is 5.07. The highest BCUT2D eigenvalue weighted by Gasteiger charge is 2.06. The van der Waals surface area contributed by atoms with Gasteiger partial charge in [-0.05, 0) is 42.5 Å². The van der Waals surface area contributed by atoms with Crippen molar-refractivity contribution in [2.45, 2.75) is 13.8 Å². The number of hydrogen-bond acceptors (Lipinski definition) is 2. The van der Waals surface area contributed by atoms with Gasteiger partial charge in [-0.25, -0.2) is 0 Å². The van der Waals surface area contributed by atoms with Crippen molar-refractivity contribution in [3.63, 3.8) is 0 Å². The molecule has 0 radical (unpaired) electrons. The van der Waals surface area contributed by atoms with Gasteiger partial charge >= 0.3 is 0 Å². The third kappa shape index (κ3) is 2.04. The van der Waals surface area contributed by atoms with E-state index in [4.69, 9.17) is 0 Å². The number of aromatic nitrogens is 2. The van der Waals surface area contributed by atoms with Gasteiger partial charge in [0, 0.05) is 28.7 Å². The van der Waals surface area contributed by atoms with E-state index < -0.39 is 0 Å². The Morgan fingerprint density at radius 2 is 1.59 bits per heavy atom. The first-order valence-corrected chi connectivity index (χ1v) is 7.43. The van der Waals surface area contributed by atoms with E-state index in [1.165, 1.54) is 27.3 Å². The number of fused-ring (bicyclic) bond motifs is 3. The normalized spacial score (nSPS) is 11.2. The predicted molar refractivity (Wildman–Crippen MR) is 92.0 cm³/mol. The Hall–Kier alpha value is -2.74. The molecule has 0 atom stereocenters. The summed E-state index contributed by atoms with van der Waals surface area (Å²) < 4.78 is 0. The third-order valence-corrected chi connectivity index (χ3v) is 4.26.